The zero-order chi connectivity index (χ0) is 25.6. The quantitative estimate of drug-likeness (QED) is 0.479. The number of hydrogen-bond donors (Lipinski definition) is 0. The lowest BCUT2D eigenvalue weighted by molar-refractivity contribution is -0.173. The maximum atomic E-state index is 13.9. The molecular weight excluding hydrogens is 496 g/mol. The molecule has 2 aliphatic carbocycles. The number of halogens is 3. The second-order valence-corrected chi connectivity index (χ2v) is 12.0. The maximum Gasteiger partial charge on any atom is 0.251 e. The van der Waals surface area contributed by atoms with Crippen LogP contribution in [0.25, 0.3) is 5.69 Å². The number of hydrogen-bond acceptors (Lipinski definition) is 6. The summed E-state index contributed by atoms with van der Waals surface area (Å²) in [6.45, 7) is 4.76. The highest BCUT2D eigenvalue weighted by Crippen LogP contribution is 2.57. The van der Waals surface area contributed by atoms with E-state index in [1.807, 2.05) is 37.3 Å². The van der Waals surface area contributed by atoms with E-state index in [1.165, 1.54) is 0 Å². The summed E-state index contributed by atoms with van der Waals surface area (Å²) in [5.41, 5.74) is 2.08. The summed E-state index contributed by atoms with van der Waals surface area (Å²) < 4.78 is 29.9. The highest BCUT2D eigenvalue weighted by Gasteiger charge is 2.57. The molecular formula is C27H26ClF2N7. The Morgan fingerprint density at radius 3 is 2.59 bits per heavy atom. The molecule has 4 heterocycles. The van der Waals surface area contributed by atoms with Crippen LogP contribution in [0.15, 0.2) is 36.4 Å². The van der Waals surface area contributed by atoms with Gasteiger partial charge in [-0.2, -0.15) is 5.26 Å². The summed E-state index contributed by atoms with van der Waals surface area (Å²) in [6.07, 6.45) is 1.72. The van der Waals surface area contributed by atoms with E-state index in [2.05, 4.69) is 35.6 Å². The standard InChI is InChI=1S/C27H26ClF2N7/c1-25(13-27(29,30)14-25)36-11-17-7-19(28)5-6-21(17)37-23(12-36)33-34-24(37)18-8-26(9-18)15-35(16-26)22-4-2-3-20(10-31)32-22/h2-7,18H,8-9,11-16H2,1H3. The normalized spacial score (nSPS) is 23.2. The van der Waals surface area contributed by atoms with Crippen LogP contribution in [0.2, 0.25) is 5.02 Å². The number of benzene rings is 1. The largest absolute Gasteiger partial charge is 0.355 e. The Hall–Kier alpha value is -3.09. The number of anilines is 1. The lowest BCUT2D eigenvalue weighted by Gasteiger charge is -2.59. The lowest BCUT2D eigenvalue weighted by Crippen LogP contribution is -2.62. The third-order valence-electron chi connectivity index (χ3n) is 8.72. The van der Waals surface area contributed by atoms with Gasteiger partial charge >= 0.3 is 0 Å². The molecule has 3 fully saturated rings. The maximum absolute atomic E-state index is 13.9. The lowest BCUT2D eigenvalue weighted by atomic mass is 9.57. The molecule has 0 unspecified atom stereocenters. The van der Waals surface area contributed by atoms with Crippen molar-refractivity contribution < 1.29 is 8.78 Å². The van der Waals surface area contributed by atoms with Crippen LogP contribution in [0, 0.1) is 16.7 Å². The minimum atomic E-state index is -2.61. The van der Waals surface area contributed by atoms with Crippen molar-refractivity contribution in [3.8, 4) is 11.8 Å². The Kier molecular flexibility index (Phi) is 4.81. The first-order valence-corrected chi connectivity index (χ1v) is 13.0. The third-order valence-corrected chi connectivity index (χ3v) is 8.96. The second kappa shape index (κ2) is 7.71. The van der Waals surface area contributed by atoms with Gasteiger partial charge in [0.2, 0.25) is 0 Å². The Balaban J connectivity index is 1.14. The summed E-state index contributed by atoms with van der Waals surface area (Å²) in [4.78, 5) is 8.77. The molecule has 190 valence electrons. The van der Waals surface area contributed by atoms with Gasteiger partial charge in [-0.15, -0.1) is 10.2 Å². The molecule has 7 rings (SSSR count). The minimum Gasteiger partial charge on any atom is -0.355 e. The fraction of sp³-hybridized carbons (Fsp3) is 0.481. The van der Waals surface area contributed by atoms with E-state index in [1.54, 1.807) is 6.07 Å². The summed E-state index contributed by atoms with van der Waals surface area (Å²) >= 11 is 6.37. The van der Waals surface area contributed by atoms with Gasteiger partial charge in [-0.1, -0.05) is 17.7 Å². The fourth-order valence-corrected chi connectivity index (χ4v) is 7.17. The van der Waals surface area contributed by atoms with Crippen molar-refractivity contribution >= 4 is 17.4 Å². The Morgan fingerprint density at radius 2 is 1.86 bits per heavy atom. The van der Waals surface area contributed by atoms with Crippen molar-refractivity contribution in [1.29, 1.82) is 5.26 Å². The summed E-state index contributed by atoms with van der Waals surface area (Å²) in [7, 11) is 0. The molecule has 2 aliphatic heterocycles. The topological polar surface area (TPSA) is 73.9 Å². The van der Waals surface area contributed by atoms with Gasteiger partial charge < -0.3 is 4.90 Å². The highest BCUT2D eigenvalue weighted by atomic mass is 35.5. The predicted molar refractivity (Wildman–Crippen MR) is 134 cm³/mol. The first-order valence-electron chi connectivity index (χ1n) is 12.6. The monoisotopic (exact) mass is 521 g/mol. The van der Waals surface area contributed by atoms with Crippen molar-refractivity contribution in [2.75, 3.05) is 18.0 Å². The molecule has 10 heteroatoms. The fourth-order valence-electron chi connectivity index (χ4n) is 6.97. The number of alkyl halides is 2. The van der Waals surface area contributed by atoms with Gasteiger partial charge in [0.25, 0.3) is 5.92 Å². The number of aromatic nitrogens is 4. The van der Waals surface area contributed by atoms with Gasteiger partial charge in [-0.25, -0.2) is 13.8 Å². The van der Waals surface area contributed by atoms with Crippen LogP contribution < -0.4 is 4.90 Å². The molecule has 3 aromatic rings. The molecule has 1 spiro atoms. The number of rotatable bonds is 3. The van der Waals surface area contributed by atoms with E-state index in [4.69, 9.17) is 16.9 Å². The van der Waals surface area contributed by atoms with Crippen LogP contribution in [-0.4, -0.2) is 49.2 Å². The molecule has 0 bridgehead atoms. The molecule has 0 radical (unpaired) electrons. The molecule has 0 N–H and O–H groups in total. The first kappa shape index (κ1) is 23.1. The van der Waals surface area contributed by atoms with Crippen LogP contribution in [0.1, 0.15) is 61.4 Å². The van der Waals surface area contributed by atoms with E-state index in [-0.39, 0.29) is 24.2 Å². The van der Waals surface area contributed by atoms with Crippen LogP contribution >= 0.6 is 11.6 Å². The number of fused-ring (bicyclic) bond motifs is 3. The molecule has 2 saturated carbocycles. The van der Waals surface area contributed by atoms with Gasteiger partial charge in [0, 0.05) is 54.4 Å². The Labute approximate surface area is 218 Å². The first-order chi connectivity index (χ1) is 17.7. The SMILES string of the molecule is CC1(N2Cc3cc(Cl)ccc3-n3c(nnc3C3CC4(C3)CN(c3cccc(C#N)n3)C4)C2)CC(F)(F)C1. The average molecular weight is 522 g/mol. The van der Waals surface area contributed by atoms with E-state index < -0.39 is 11.5 Å². The van der Waals surface area contributed by atoms with Gasteiger partial charge in [0.15, 0.2) is 5.82 Å². The average Bonchev–Trinajstić information content (AvgIpc) is 3.11. The Bertz CT molecular complexity index is 1440. The zero-order valence-corrected chi connectivity index (χ0v) is 21.2. The predicted octanol–water partition coefficient (Wildman–Crippen LogP) is 5.07. The van der Waals surface area contributed by atoms with Crippen molar-refractivity contribution in [2.45, 2.75) is 63.1 Å². The van der Waals surface area contributed by atoms with Crippen LogP contribution in [-0.2, 0) is 13.1 Å². The molecule has 4 aliphatic rings. The molecule has 1 aromatic carbocycles. The van der Waals surface area contributed by atoms with Crippen molar-refractivity contribution in [2.24, 2.45) is 5.41 Å². The smallest absolute Gasteiger partial charge is 0.251 e. The van der Waals surface area contributed by atoms with Crippen molar-refractivity contribution in [3.05, 3.63) is 64.3 Å². The zero-order valence-electron chi connectivity index (χ0n) is 20.5. The minimum absolute atomic E-state index is 0.148. The summed E-state index contributed by atoms with van der Waals surface area (Å²) in [5.74, 6) is 0.254. The molecule has 0 atom stereocenters. The van der Waals surface area contributed by atoms with Crippen LogP contribution in [0.4, 0.5) is 14.6 Å². The van der Waals surface area contributed by atoms with Gasteiger partial charge in [0.1, 0.15) is 23.4 Å². The highest BCUT2D eigenvalue weighted by molar-refractivity contribution is 6.30. The van der Waals surface area contributed by atoms with E-state index in [9.17, 15) is 8.78 Å². The number of pyridine rings is 1. The summed E-state index contributed by atoms with van der Waals surface area (Å²) in [6, 6.07) is 13.5. The van der Waals surface area contributed by atoms with Gasteiger partial charge in [-0.05, 0) is 55.7 Å². The Morgan fingerprint density at radius 1 is 1.08 bits per heavy atom. The number of nitrogens with zero attached hydrogens (tertiary/aromatic N) is 7. The second-order valence-electron chi connectivity index (χ2n) is 11.6. The molecule has 37 heavy (non-hydrogen) atoms. The molecule has 2 aromatic heterocycles. The van der Waals surface area contributed by atoms with Gasteiger partial charge in [-0.3, -0.25) is 9.47 Å². The van der Waals surface area contributed by atoms with E-state index in [0.717, 1.165) is 54.6 Å². The molecule has 1 saturated heterocycles. The molecule has 7 nitrogen and oxygen atoms in total. The number of nitriles is 1. The van der Waals surface area contributed by atoms with E-state index >= 15 is 0 Å². The molecule has 0 amide bonds. The third kappa shape index (κ3) is 3.64. The van der Waals surface area contributed by atoms with E-state index in [0.29, 0.717) is 23.8 Å². The van der Waals surface area contributed by atoms with Crippen LogP contribution in [0.5, 0.6) is 0 Å². The van der Waals surface area contributed by atoms with Crippen LogP contribution in [0.3, 0.4) is 0 Å². The van der Waals surface area contributed by atoms with Crippen molar-refractivity contribution in [1.82, 2.24) is 24.6 Å². The van der Waals surface area contributed by atoms with Gasteiger partial charge in [0.05, 0.1) is 12.2 Å². The van der Waals surface area contributed by atoms with Crippen molar-refractivity contribution in [3.63, 3.8) is 0 Å². The summed E-state index contributed by atoms with van der Waals surface area (Å²) in [5, 5.41) is 19.0.